The highest BCUT2D eigenvalue weighted by molar-refractivity contribution is 5.89. The van der Waals surface area contributed by atoms with Crippen LogP contribution in [0.3, 0.4) is 0 Å². The van der Waals surface area contributed by atoms with Crippen molar-refractivity contribution >= 4 is 17.7 Å². The first-order chi connectivity index (χ1) is 14.4. The van der Waals surface area contributed by atoms with Gasteiger partial charge in [-0.25, -0.2) is 18.4 Å². The Morgan fingerprint density at radius 2 is 1.80 bits per heavy atom. The third kappa shape index (κ3) is 4.28. The topological polar surface area (TPSA) is 70.1 Å². The van der Waals surface area contributed by atoms with Crippen LogP contribution in [0.4, 0.5) is 19.3 Å². The molecule has 0 saturated carbocycles. The molecule has 0 spiro atoms. The highest BCUT2D eigenvalue weighted by Gasteiger charge is 2.37. The van der Waals surface area contributed by atoms with Gasteiger partial charge >= 0.3 is 12.1 Å². The molecule has 30 heavy (non-hydrogen) atoms. The Bertz CT molecular complexity index is 943. The van der Waals surface area contributed by atoms with Crippen molar-refractivity contribution in [2.75, 3.05) is 24.5 Å². The van der Waals surface area contributed by atoms with Gasteiger partial charge in [-0.05, 0) is 61.7 Å². The van der Waals surface area contributed by atoms with Crippen molar-refractivity contribution in [2.24, 2.45) is 5.92 Å². The Kier molecular flexibility index (Phi) is 5.67. The number of carbonyl (C=O) groups excluding carboxylic acids is 1. The molecule has 158 valence electrons. The summed E-state index contributed by atoms with van der Waals surface area (Å²) in [6, 6.07) is 8.94. The molecule has 1 amide bonds. The van der Waals surface area contributed by atoms with Crippen LogP contribution < -0.4 is 4.90 Å². The monoisotopic (exact) mass is 416 g/mol. The minimum Gasteiger partial charge on any atom is -0.478 e. The minimum absolute atomic E-state index is 0.0393. The Morgan fingerprint density at radius 3 is 2.37 bits per heavy atom. The molecule has 2 aromatic rings. The van der Waals surface area contributed by atoms with Crippen LogP contribution in [0.2, 0.25) is 0 Å². The zero-order valence-electron chi connectivity index (χ0n) is 16.3. The lowest BCUT2D eigenvalue weighted by molar-refractivity contribution is -0.0311. The molecule has 5 rings (SSSR count). The predicted molar refractivity (Wildman–Crippen MR) is 105 cm³/mol. The molecule has 3 heterocycles. The molecular formula is C22H22F2N2O4. The van der Waals surface area contributed by atoms with E-state index in [4.69, 9.17) is 9.84 Å². The summed E-state index contributed by atoms with van der Waals surface area (Å²) >= 11 is 0. The van der Waals surface area contributed by atoms with Crippen molar-refractivity contribution in [3.63, 3.8) is 0 Å². The quantitative estimate of drug-likeness (QED) is 0.801. The molecule has 8 heteroatoms. The maximum atomic E-state index is 14.5. The van der Waals surface area contributed by atoms with Crippen molar-refractivity contribution in [2.45, 2.75) is 25.5 Å². The van der Waals surface area contributed by atoms with Gasteiger partial charge in [0.1, 0.15) is 17.7 Å². The van der Waals surface area contributed by atoms with Crippen LogP contribution >= 0.6 is 0 Å². The average Bonchev–Trinajstić information content (AvgIpc) is 2.73. The number of hydrogen-bond acceptors (Lipinski definition) is 4. The van der Waals surface area contributed by atoms with Gasteiger partial charge in [-0.3, -0.25) is 9.80 Å². The van der Waals surface area contributed by atoms with Crippen LogP contribution in [0.25, 0.3) is 0 Å². The summed E-state index contributed by atoms with van der Waals surface area (Å²) in [5.41, 5.74) is 0.604. The van der Waals surface area contributed by atoms with Crippen molar-refractivity contribution < 1.29 is 28.2 Å². The summed E-state index contributed by atoms with van der Waals surface area (Å²) < 4.78 is 33.6. The lowest BCUT2D eigenvalue weighted by Gasteiger charge is -2.44. The molecule has 2 aromatic carbocycles. The summed E-state index contributed by atoms with van der Waals surface area (Å²) in [7, 11) is 0. The minimum atomic E-state index is -1.07. The number of aromatic carboxylic acids is 1. The van der Waals surface area contributed by atoms with Gasteiger partial charge in [-0.15, -0.1) is 0 Å². The Hall–Kier alpha value is -3.00. The van der Waals surface area contributed by atoms with Crippen molar-refractivity contribution in [1.29, 1.82) is 0 Å². The van der Waals surface area contributed by atoms with Crippen LogP contribution in [-0.4, -0.2) is 47.8 Å². The normalized spacial score (nSPS) is 22.5. The van der Waals surface area contributed by atoms with Crippen LogP contribution in [0.1, 0.15) is 28.8 Å². The molecule has 1 N–H and O–H groups in total. The van der Waals surface area contributed by atoms with Crippen LogP contribution in [0, 0.1) is 17.6 Å². The first-order valence-electron chi connectivity index (χ1n) is 9.88. The van der Waals surface area contributed by atoms with E-state index in [0.29, 0.717) is 12.1 Å². The molecule has 3 saturated heterocycles. The second kappa shape index (κ2) is 8.39. The summed E-state index contributed by atoms with van der Waals surface area (Å²) in [6.45, 7) is 2.60. The molecule has 0 unspecified atom stereocenters. The fourth-order valence-electron chi connectivity index (χ4n) is 4.12. The maximum Gasteiger partial charge on any atom is 0.415 e. The third-order valence-electron chi connectivity index (χ3n) is 5.81. The number of carboxylic acid groups (broad SMARTS) is 1. The van der Waals surface area contributed by atoms with Crippen molar-refractivity contribution in [3.05, 3.63) is 65.2 Å². The third-order valence-corrected chi connectivity index (χ3v) is 5.81. The van der Waals surface area contributed by atoms with Gasteiger partial charge in [-0.2, -0.15) is 0 Å². The fourth-order valence-corrected chi connectivity index (χ4v) is 4.12. The lowest BCUT2D eigenvalue weighted by Crippen LogP contribution is -2.53. The molecule has 0 aromatic heterocycles. The summed E-state index contributed by atoms with van der Waals surface area (Å²) in [6.07, 6.45) is 0.945. The number of fused-ring (bicyclic) bond motifs is 3. The second-order valence-corrected chi connectivity index (χ2v) is 7.74. The van der Waals surface area contributed by atoms with Gasteiger partial charge in [0.05, 0.1) is 17.8 Å². The number of ether oxygens (including phenoxy) is 1. The zero-order valence-corrected chi connectivity index (χ0v) is 16.3. The lowest BCUT2D eigenvalue weighted by atomic mass is 9.86. The van der Waals surface area contributed by atoms with E-state index in [-0.39, 0.29) is 29.8 Å². The molecule has 3 fully saturated rings. The van der Waals surface area contributed by atoms with E-state index in [1.165, 1.54) is 18.2 Å². The molecule has 0 radical (unpaired) electrons. The van der Waals surface area contributed by atoms with E-state index >= 15 is 0 Å². The molecule has 2 bridgehead atoms. The number of carbonyl (C=O) groups is 2. The van der Waals surface area contributed by atoms with E-state index in [9.17, 15) is 18.4 Å². The highest BCUT2D eigenvalue weighted by Crippen LogP contribution is 2.31. The highest BCUT2D eigenvalue weighted by atomic mass is 19.1. The van der Waals surface area contributed by atoms with E-state index in [1.807, 2.05) is 0 Å². The predicted octanol–water partition coefficient (Wildman–Crippen LogP) is 3.90. The SMILES string of the molecule is O=C(O)c1ccc(CN(C(=O)O[C@H]2CN3CCC2CC3)c2ccc(F)cc2F)cc1. The van der Waals surface area contributed by atoms with Gasteiger partial charge in [0.25, 0.3) is 0 Å². The summed E-state index contributed by atoms with van der Waals surface area (Å²) in [4.78, 5) is 27.5. The number of carboxylic acids is 1. The number of piperidine rings is 3. The number of rotatable bonds is 5. The van der Waals surface area contributed by atoms with E-state index in [1.54, 1.807) is 12.1 Å². The van der Waals surface area contributed by atoms with Crippen molar-refractivity contribution in [1.82, 2.24) is 4.90 Å². The van der Waals surface area contributed by atoms with Gasteiger partial charge in [0.2, 0.25) is 0 Å². The van der Waals surface area contributed by atoms with E-state index in [0.717, 1.165) is 43.0 Å². The maximum absolute atomic E-state index is 14.5. The Labute approximate surface area is 172 Å². The molecule has 3 aliphatic rings. The van der Waals surface area contributed by atoms with Crippen LogP contribution in [0.5, 0.6) is 0 Å². The Morgan fingerprint density at radius 1 is 1.10 bits per heavy atom. The van der Waals surface area contributed by atoms with Crippen LogP contribution in [0.15, 0.2) is 42.5 Å². The number of amides is 1. The number of nitrogens with zero attached hydrogens (tertiary/aromatic N) is 2. The van der Waals surface area contributed by atoms with E-state index < -0.39 is 23.7 Å². The van der Waals surface area contributed by atoms with Gasteiger partial charge < -0.3 is 9.84 Å². The first kappa shape index (κ1) is 20.3. The van der Waals surface area contributed by atoms with Gasteiger partial charge in [0, 0.05) is 12.6 Å². The van der Waals surface area contributed by atoms with Crippen LogP contribution in [-0.2, 0) is 11.3 Å². The van der Waals surface area contributed by atoms with Gasteiger partial charge in [-0.1, -0.05) is 12.1 Å². The number of benzene rings is 2. The standard InChI is InChI=1S/C22H22F2N2O4/c23-17-5-6-19(18(24)11-17)26(12-14-1-3-16(4-2-14)21(27)28)22(29)30-20-13-25-9-7-15(20)8-10-25/h1-6,11,15,20H,7-10,12-13H2,(H,27,28)/t20-/m0/s1. The largest absolute Gasteiger partial charge is 0.478 e. The Balaban J connectivity index is 1.58. The summed E-state index contributed by atoms with van der Waals surface area (Å²) in [5.74, 6) is -2.39. The molecule has 1 atom stereocenters. The summed E-state index contributed by atoms with van der Waals surface area (Å²) in [5, 5.41) is 9.05. The van der Waals surface area contributed by atoms with Crippen molar-refractivity contribution in [3.8, 4) is 0 Å². The molecule has 3 aliphatic heterocycles. The zero-order chi connectivity index (χ0) is 21.3. The average molecular weight is 416 g/mol. The fraction of sp³-hybridized carbons (Fsp3) is 0.364. The molecular weight excluding hydrogens is 394 g/mol. The second-order valence-electron chi connectivity index (χ2n) is 7.74. The number of halogens is 2. The smallest absolute Gasteiger partial charge is 0.415 e. The number of anilines is 1. The molecule has 0 aliphatic carbocycles. The van der Waals surface area contributed by atoms with Gasteiger partial charge in [0.15, 0.2) is 0 Å². The first-order valence-corrected chi connectivity index (χ1v) is 9.88. The van der Waals surface area contributed by atoms with E-state index in [2.05, 4.69) is 4.90 Å². The number of hydrogen-bond donors (Lipinski definition) is 1. The molecule has 6 nitrogen and oxygen atoms in total.